The van der Waals surface area contributed by atoms with E-state index in [1.54, 1.807) is 0 Å². The van der Waals surface area contributed by atoms with Gasteiger partial charge in [-0.2, -0.15) is 13.2 Å². The van der Waals surface area contributed by atoms with Crippen LogP contribution >= 0.6 is 15.9 Å². The Morgan fingerprint density at radius 2 is 2.00 bits per heavy atom. The van der Waals surface area contributed by atoms with Gasteiger partial charge in [0.25, 0.3) is 0 Å². The summed E-state index contributed by atoms with van der Waals surface area (Å²) < 4.78 is 37.1. The summed E-state index contributed by atoms with van der Waals surface area (Å²) in [6.45, 7) is 0.174. The van der Waals surface area contributed by atoms with E-state index in [1.807, 2.05) is 0 Å². The summed E-state index contributed by atoms with van der Waals surface area (Å²) in [5.41, 5.74) is 4.95. The highest BCUT2D eigenvalue weighted by atomic mass is 79.9. The van der Waals surface area contributed by atoms with Gasteiger partial charge in [-0.05, 0) is 34.1 Å². The van der Waals surface area contributed by atoms with Crippen LogP contribution in [0.2, 0.25) is 0 Å². The van der Waals surface area contributed by atoms with Gasteiger partial charge in [0.1, 0.15) is 0 Å². The van der Waals surface area contributed by atoms with Crippen LogP contribution in [0.5, 0.6) is 0 Å². The Morgan fingerprint density at radius 3 is 2.47 bits per heavy atom. The molecule has 0 radical (unpaired) electrons. The van der Waals surface area contributed by atoms with Crippen molar-refractivity contribution in [1.82, 2.24) is 0 Å². The minimum Gasteiger partial charge on any atom is -0.320 e. The van der Waals surface area contributed by atoms with Crippen molar-refractivity contribution in [2.75, 3.05) is 6.54 Å². The summed E-state index contributed by atoms with van der Waals surface area (Å²) in [7, 11) is 0. The van der Waals surface area contributed by atoms with Crippen molar-refractivity contribution in [1.29, 1.82) is 0 Å². The molecule has 2 N–H and O–H groups in total. The lowest BCUT2D eigenvalue weighted by atomic mass is 10.1. The standard InChI is InChI=1S/C10H7BrF3N/c11-9-6-8(10(12,13)14)4-3-7(9)2-1-5-15/h3-4,6H,5,15H2. The van der Waals surface area contributed by atoms with Gasteiger partial charge in [0, 0.05) is 10.0 Å². The normalized spacial score (nSPS) is 10.7. The topological polar surface area (TPSA) is 26.0 Å². The molecule has 0 saturated heterocycles. The van der Waals surface area contributed by atoms with E-state index >= 15 is 0 Å². The number of rotatable bonds is 0. The highest BCUT2D eigenvalue weighted by Crippen LogP contribution is 2.31. The van der Waals surface area contributed by atoms with Gasteiger partial charge in [-0.3, -0.25) is 0 Å². The second-order valence-corrected chi connectivity index (χ2v) is 3.55. The predicted octanol–water partition coefficient (Wildman–Crippen LogP) is 2.78. The Balaban J connectivity index is 3.09. The first-order valence-corrected chi connectivity index (χ1v) is 4.80. The molecule has 0 spiro atoms. The van der Waals surface area contributed by atoms with E-state index in [9.17, 15) is 13.2 Å². The Morgan fingerprint density at radius 1 is 1.33 bits per heavy atom. The van der Waals surface area contributed by atoms with Gasteiger partial charge in [-0.15, -0.1) is 0 Å². The van der Waals surface area contributed by atoms with Crippen molar-refractivity contribution in [3.63, 3.8) is 0 Å². The van der Waals surface area contributed by atoms with Crippen LogP contribution in [0.4, 0.5) is 13.2 Å². The maximum Gasteiger partial charge on any atom is 0.416 e. The third-order valence-electron chi connectivity index (χ3n) is 1.62. The molecule has 0 saturated carbocycles. The third-order valence-corrected chi connectivity index (χ3v) is 2.28. The number of hydrogen-bond acceptors (Lipinski definition) is 1. The van der Waals surface area contributed by atoms with E-state index in [2.05, 4.69) is 27.8 Å². The highest BCUT2D eigenvalue weighted by molar-refractivity contribution is 9.10. The summed E-state index contributed by atoms with van der Waals surface area (Å²) in [6.07, 6.45) is -4.33. The van der Waals surface area contributed by atoms with Gasteiger partial charge in [0.05, 0.1) is 12.1 Å². The molecule has 1 aromatic carbocycles. The molecule has 1 nitrogen and oxygen atoms in total. The largest absolute Gasteiger partial charge is 0.416 e. The van der Waals surface area contributed by atoms with Crippen LogP contribution in [0.3, 0.4) is 0 Å². The van der Waals surface area contributed by atoms with E-state index in [0.717, 1.165) is 12.1 Å². The molecule has 0 heterocycles. The Kier molecular flexibility index (Phi) is 3.77. The van der Waals surface area contributed by atoms with Crippen LogP contribution in [-0.4, -0.2) is 6.54 Å². The molecule has 0 bridgehead atoms. The van der Waals surface area contributed by atoms with Gasteiger partial charge in [-0.1, -0.05) is 11.8 Å². The van der Waals surface area contributed by atoms with Crippen LogP contribution in [0.1, 0.15) is 11.1 Å². The van der Waals surface area contributed by atoms with Gasteiger partial charge >= 0.3 is 6.18 Å². The maximum atomic E-state index is 12.3. The Bertz CT molecular complexity index is 415. The number of halogens is 4. The first kappa shape index (κ1) is 12.1. The molecule has 80 valence electrons. The fourth-order valence-corrected chi connectivity index (χ4v) is 1.42. The second-order valence-electron chi connectivity index (χ2n) is 2.70. The summed E-state index contributed by atoms with van der Waals surface area (Å²) in [6, 6.07) is 3.31. The monoisotopic (exact) mass is 277 g/mol. The fraction of sp³-hybridized carbons (Fsp3) is 0.200. The lowest BCUT2D eigenvalue weighted by molar-refractivity contribution is -0.137. The zero-order chi connectivity index (χ0) is 11.5. The fourth-order valence-electron chi connectivity index (χ4n) is 0.939. The average Bonchev–Trinajstić information content (AvgIpc) is 2.14. The third kappa shape index (κ3) is 3.26. The maximum absolute atomic E-state index is 12.3. The molecule has 1 rings (SSSR count). The van der Waals surface area contributed by atoms with Crippen LogP contribution in [0, 0.1) is 11.8 Å². The molecule has 0 aliphatic heterocycles. The molecule has 0 atom stereocenters. The van der Waals surface area contributed by atoms with Crippen molar-refractivity contribution in [3.8, 4) is 11.8 Å². The SMILES string of the molecule is NCC#Cc1ccc(C(F)(F)F)cc1Br. The van der Waals surface area contributed by atoms with Crippen molar-refractivity contribution < 1.29 is 13.2 Å². The molecule has 1 aromatic rings. The van der Waals surface area contributed by atoms with Crippen LogP contribution in [0.15, 0.2) is 22.7 Å². The van der Waals surface area contributed by atoms with Crippen molar-refractivity contribution in [2.45, 2.75) is 6.18 Å². The molecule has 0 unspecified atom stereocenters. The zero-order valence-corrected chi connectivity index (χ0v) is 9.11. The van der Waals surface area contributed by atoms with E-state index in [1.165, 1.54) is 6.07 Å². The van der Waals surface area contributed by atoms with Crippen LogP contribution < -0.4 is 5.73 Å². The predicted molar refractivity (Wildman–Crippen MR) is 55.1 cm³/mol. The first-order chi connectivity index (χ1) is 6.95. The summed E-state index contributed by atoms with van der Waals surface area (Å²) in [5, 5.41) is 0. The summed E-state index contributed by atoms with van der Waals surface area (Å²) in [4.78, 5) is 0. The molecular formula is C10H7BrF3N. The minimum absolute atomic E-state index is 0.174. The van der Waals surface area contributed by atoms with Gasteiger partial charge < -0.3 is 5.73 Å². The number of benzene rings is 1. The molecule has 0 amide bonds. The van der Waals surface area contributed by atoms with Crippen LogP contribution in [-0.2, 0) is 6.18 Å². The van der Waals surface area contributed by atoms with E-state index in [4.69, 9.17) is 5.73 Å². The number of alkyl halides is 3. The van der Waals surface area contributed by atoms with Gasteiger partial charge in [0.15, 0.2) is 0 Å². The molecule has 5 heteroatoms. The molecule has 0 aliphatic rings. The van der Waals surface area contributed by atoms with Crippen molar-refractivity contribution >= 4 is 15.9 Å². The smallest absolute Gasteiger partial charge is 0.320 e. The van der Waals surface area contributed by atoms with Gasteiger partial charge in [-0.25, -0.2) is 0 Å². The van der Waals surface area contributed by atoms with Crippen molar-refractivity contribution in [2.24, 2.45) is 5.73 Å². The summed E-state index contributed by atoms with van der Waals surface area (Å²) >= 11 is 3.03. The Labute approximate surface area is 93.6 Å². The quantitative estimate of drug-likeness (QED) is 0.725. The highest BCUT2D eigenvalue weighted by Gasteiger charge is 2.30. The van der Waals surface area contributed by atoms with E-state index < -0.39 is 11.7 Å². The van der Waals surface area contributed by atoms with E-state index in [-0.39, 0.29) is 6.54 Å². The zero-order valence-electron chi connectivity index (χ0n) is 7.53. The lowest BCUT2D eigenvalue weighted by Crippen LogP contribution is -2.04. The summed E-state index contributed by atoms with van der Waals surface area (Å²) in [5.74, 6) is 5.23. The number of hydrogen-bond donors (Lipinski definition) is 1. The first-order valence-electron chi connectivity index (χ1n) is 4.01. The van der Waals surface area contributed by atoms with Crippen LogP contribution in [0.25, 0.3) is 0 Å². The number of nitrogens with two attached hydrogens (primary N) is 1. The molecular weight excluding hydrogens is 271 g/mol. The Hall–Kier alpha value is -0.990. The average molecular weight is 278 g/mol. The minimum atomic E-state index is -4.33. The molecule has 0 aliphatic carbocycles. The molecule has 0 fully saturated rings. The van der Waals surface area contributed by atoms with Gasteiger partial charge in [0.2, 0.25) is 0 Å². The lowest BCUT2D eigenvalue weighted by Gasteiger charge is -2.07. The van der Waals surface area contributed by atoms with E-state index in [0.29, 0.717) is 10.0 Å². The molecule has 15 heavy (non-hydrogen) atoms. The van der Waals surface area contributed by atoms with Crippen molar-refractivity contribution in [3.05, 3.63) is 33.8 Å². The second kappa shape index (κ2) is 4.69. The molecule has 0 aromatic heterocycles.